The monoisotopic (exact) mass is 453 g/mol. The van der Waals surface area contributed by atoms with Crippen LogP contribution < -0.4 is 10.2 Å². The molecular formula is C24H25ClFN5O. The molecule has 0 spiro atoms. The van der Waals surface area contributed by atoms with E-state index in [0.717, 1.165) is 22.6 Å². The number of anilines is 2. The quantitative estimate of drug-likeness (QED) is 0.614. The van der Waals surface area contributed by atoms with Crippen molar-refractivity contribution in [2.75, 3.05) is 36.4 Å². The second kappa shape index (κ2) is 9.53. The van der Waals surface area contributed by atoms with Crippen molar-refractivity contribution in [3.8, 4) is 0 Å². The number of aryl methyl sites for hydroxylation is 2. The second-order valence-corrected chi connectivity index (χ2v) is 8.31. The van der Waals surface area contributed by atoms with Crippen molar-refractivity contribution in [1.82, 2.24) is 14.9 Å². The third-order valence-corrected chi connectivity index (χ3v) is 5.79. The largest absolute Gasteiger partial charge is 0.353 e. The van der Waals surface area contributed by atoms with Gasteiger partial charge in [-0.15, -0.1) is 0 Å². The molecule has 8 heteroatoms. The van der Waals surface area contributed by atoms with E-state index in [2.05, 4.69) is 15.2 Å². The maximum absolute atomic E-state index is 13.7. The molecule has 32 heavy (non-hydrogen) atoms. The molecule has 0 saturated carbocycles. The number of aromatic nitrogens is 2. The van der Waals surface area contributed by atoms with Crippen molar-refractivity contribution in [2.24, 2.45) is 0 Å². The normalized spacial score (nSPS) is 13.9. The fourth-order valence-electron chi connectivity index (χ4n) is 3.89. The van der Waals surface area contributed by atoms with Crippen molar-refractivity contribution in [3.63, 3.8) is 0 Å². The van der Waals surface area contributed by atoms with Crippen LogP contribution in [0, 0.1) is 19.7 Å². The summed E-state index contributed by atoms with van der Waals surface area (Å²) >= 11 is 5.91. The molecule has 2 amide bonds. The maximum atomic E-state index is 13.7. The van der Waals surface area contributed by atoms with Gasteiger partial charge in [-0.05, 0) is 55.8 Å². The van der Waals surface area contributed by atoms with E-state index in [1.165, 1.54) is 6.07 Å². The molecule has 1 aliphatic rings. The Bertz CT molecular complexity index is 1110. The van der Waals surface area contributed by atoms with Crippen molar-refractivity contribution >= 4 is 29.1 Å². The number of amides is 2. The van der Waals surface area contributed by atoms with Crippen LogP contribution in [0.5, 0.6) is 0 Å². The Morgan fingerprint density at radius 3 is 2.47 bits per heavy atom. The Morgan fingerprint density at radius 2 is 1.78 bits per heavy atom. The third kappa shape index (κ3) is 5.16. The first-order valence-corrected chi connectivity index (χ1v) is 10.9. The fraction of sp³-hybridized carbons (Fsp3) is 0.292. The zero-order chi connectivity index (χ0) is 22.7. The predicted octanol–water partition coefficient (Wildman–Crippen LogP) is 4.83. The van der Waals surface area contributed by atoms with E-state index in [0.29, 0.717) is 49.1 Å². The zero-order valence-electron chi connectivity index (χ0n) is 18.1. The van der Waals surface area contributed by atoms with Gasteiger partial charge in [-0.2, -0.15) is 0 Å². The van der Waals surface area contributed by atoms with Crippen molar-refractivity contribution < 1.29 is 9.18 Å². The SMILES string of the molecule is Cc1nc(C)c(Cc2cccc(F)c2)c(N2CCN(C(=O)Nc3ccc(Cl)cc3)CC2)n1. The van der Waals surface area contributed by atoms with Crippen LogP contribution in [0.25, 0.3) is 0 Å². The standard InChI is InChI=1S/C24H25ClFN5O/c1-16-22(15-18-4-3-5-20(26)14-18)23(28-17(2)27-16)30-10-12-31(13-11-30)24(32)29-21-8-6-19(25)7-9-21/h3-9,14H,10-13,15H2,1-2H3,(H,29,32). The van der Waals surface area contributed by atoms with Crippen molar-refractivity contribution in [1.29, 1.82) is 0 Å². The number of carbonyl (C=O) groups excluding carboxylic acids is 1. The number of nitrogens with zero attached hydrogens (tertiary/aromatic N) is 4. The lowest BCUT2D eigenvalue weighted by molar-refractivity contribution is 0.208. The predicted molar refractivity (Wildman–Crippen MR) is 125 cm³/mol. The van der Waals surface area contributed by atoms with E-state index in [1.807, 2.05) is 19.9 Å². The van der Waals surface area contributed by atoms with Gasteiger partial charge in [0, 0.05) is 54.6 Å². The summed E-state index contributed by atoms with van der Waals surface area (Å²) in [7, 11) is 0. The summed E-state index contributed by atoms with van der Waals surface area (Å²) in [5, 5.41) is 3.54. The number of nitrogens with one attached hydrogen (secondary N) is 1. The fourth-order valence-corrected chi connectivity index (χ4v) is 4.02. The van der Waals surface area contributed by atoms with E-state index in [1.54, 1.807) is 41.3 Å². The molecule has 0 unspecified atom stereocenters. The second-order valence-electron chi connectivity index (χ2n) is 7.88. The molecule has 1 fully saturated rings. The topological polar surface area (TPSA) is 61.4 Å². The van der Waals surface area contributed by atoms with E-state index in [9.17, 15) is 9.18 Å². The van der Waals surface area contributed by atoms with E-state index in [-0.39, 0.29) is 11.8 Å². The highest BCUT2D eigenvalue weighted by Crippen LogP contribution is 2.25. The van der Waals surface area contributed by atoms with Crippen LogP contribution >= 0.6 is 11.6 Å². The Hall–Kier alpha value is -3.19. The van der Waals surface area contributed by atoms with Gasteiger partial charge in [-0.1, -0.05) is 23.7 Å². The molecule has 166 valence electrons. The highest BCUT2D eigenvalue weighted by atomic mass is 35.5. The first kappa shape index (κ1) is 22.0. The summed E-state index contributed by atoms with van der Waals surface area (Å²) in [5.74, 6) is 1.30. The lowest BCUT2D eigenvalue weighted by Crippen LogP contribution is -2.50. The van der Waals surface area contributed by atoms with Crippen LogP contribution in [0.15, 0.2) is 48.5 Å². The molecule has 1 saturated heterocycles. The van der Waals surface area contributed by atoms with Gasteiger partial charge < -0.3 is 15.1 Å². The molecule has 0 bridgehead atoms. The lowest BCUT2D eigenvalue weighted by Gasteiger charge is -2.36. The van der Waals surface area contributed by atoms with E-state index in [4.69, 9.17) is 16.6 Å². The molecule has 1 N–H and O–H groups in total. The van der Waals surface area contributed by atoms with E-state index >= 15 is 0 Å². The third-order valence-electron chi connectivity index (χ3n) is 5.54. The summed E-state index contributed by atoms with van der Waals surface area (Å²) in [6.07, 6.45) is 0.552. The first-order chi connectivity index (χ1) is 15.4. The minimum absolute atomic E-state index is 0.137. The van der Waals surface area contributed by atoms with Gasteiger partial charge >= 0.3 is 6.03 Å². The number of benzene rings is 2. The molecule has 4 rings (SSSR count). The van der Waals surface area contributed by atoms with E-state index < -0.39 is 0 Å². The van der Waals surface area contributed by atoms with Gasteiger partial charge in [0.15, 0.2) is 0 Å². The van der Waals surface area contributed by atoms with Crippen molar-refractivity contribution in [2.45, 2.75) is 20.3 Å². The zero-order valence-corrected chi connectivity index (χ0v) is 18.9. The van der Waals surface area contributed by atoms with Gasteiger partial charge in [0.25, 0.3) is 0 Å². The highest BCUT2D eigenvalue weighted by Gasteiger charge is 2.25. The molecule has 0 atom stereocenters. The highest BCUT2D eigenvalue weighted by molar-refractivity contribution is 6.30. The summed E-state index contributed by atoms with van der Waals surface area (Å²) in [6.45, 7) is 6.28. The number of piperazine rings is 1. The molecule has 1 aliphatic heterocycles. The molecule has 2 aromatic carbocycles. The number of rotatable bonds is 4. The first-order valence-electron chi connectivity index (χ1n) is 10.5. The Morgan fingerprint density at radius 1 is 1.06 bits per heavy atom. The van der Waals surface area contributed by atoms with Gasteiger partial charge in [-0.3, -0.25) is 0 Å². The molecule has 6 nitrogen and oxygen atoms in total. The minimum Gasteiger partial charge on any atom is -0.353 e. The van der Waals surface area contributed by atoms with Gasteiger partial charge in [0.2, 0.25) is 0 Å². The Kier molecular flexibility index (Phi) is 6.55. The molecule has 3 aromatic rings. The average Bonchev–Trinajstić information content (AvgIpc) is 2.77. The summed E-state index contributed by atoms with van der Waals surface area (Å²) in [4.78, 5) is 25.9. The maximum Gasteiger partial charge on any atom is 0.321 e. The van der Waals surface area contributed by atoms with Crippen LogP contribution in [-0.4, -0.2) is 47.1 Å². The van der Waals surface area contributed by atoms with Crippen LogP contribution in [-0.2, 0) is 6.42 Å². The number of carbonyl (C=O) groups is 1. The van der Waals surface area contributed by atoms with Crippen LogP contribution in [0.2, 0.25) is 5.02 Å². The van der Waals surface area contributed by atoms with Crippen LogP contribution in [0.1, 0.15) is 22.6 Å². The molecule has 0 radical (unpaired) electrons. The van der Waals surface area contributed by atoms with Gasteiger partial charge in [0.05, 0.1) is 0 Å². The molecular weight excluding hydrogens is 429 g/mol. The van der Waals surface area contributed by atoms with Gasteiger partial charge in [-0.25, -0.2) is 19.2 Å². The summed E-state index contributed by atoms with van der Waals surface area (Å²) in [6, 6.07) is 13.5. The lowest BCUT2D eigenvalue weighted by atomic mass is 10.0. The Labute approximate surface area is 192 Å². The number of hydrogen-bond donors (Lipinski definition) is 1. The van der Waals surface area contributed by atoms with Crippen LogP contribution in [0.3, 0.4) is 0 Å². The molecule has 2 heterocycles. The summed E-state index contributed by atoms with van der Waals surface area (Å²) < 4.78 is 13.7. The number of urea groups is 1. The minimum atomic E-state index is -0.255. The van der Waals surface area contributed by atoms with Crippen LogP contribution in [0.4, 0.5) is 20.7 Å². The van der Waals surface area contributed by atoms with Gasteiger partial charge in [0.1, 0.15) is 17.5 Å². The smallest absolute Gasteiger partial charge is 0.321 e. The number of halogens is 2. The Balaban J connectivity index is 1.47. The average molecular weight is 454 g/mol. The number of hydrogen-bond acceptors (Lipinski definition) is 4. The molecule has 0 aliphatic carbocycles. The van der Waals surface area contributed by atoms with Crippen molar-refractivity contribution in [3.05, 3.63) is 82.0 Å². The summed E-state index contributed by atoms with van der Waals surface area (Å²) in [5.41, 5.74) is 3.46. The molecule has 1 aromatic heterocycles.